The number of carboxylic acids is 1. The molecular formula is C57H94N2O5. The second-order valence-corrected chi connectivity index (χ2v) is 16.8. The molecule has 0 aliphatic carbocycles. The molecule has 64 heavy (non-hydrogen) atoms. The molecule has 1 amide bonds. The van der Waals surface area contributed by atoms with E-state index in [1.165, 1.54) is 38.5 Å². The number of nitrogens with one attached hydrogen (secondary N) is 1. The molecule has 2 unspecified atom stereocenters. The van der Waals surface area contributed by atoms with Crippen LogP contribution in [-0.2, 0) is 19.1 Å². The van der Waals surface area contributed by atoms with E-state index in [0.29, 0.717) is 32.2 Å². The number of esters is 1. The molecule has 0 heterocycles. The molecule has 4 N–H and O–H groups in total. The van der Waals surface area contributed by atoms with Crippen LogP contribution in [0.25, 0.3) is 0 Å². The molecule has 0 saturated carbocycles. The lowest BCUT2D eigenvalue weighted by atomic mass is 10.0. The number of hydrogen-bond acceptors (Lipinski definition) is 5. The Morgan fingerprint density at radius 3 is 1.34 bits per heavy atom. The van der Waals surface area contributed by atoms with Crippen LogP contribution < -0.4 is 11.1 Å². The smallest absolute Gasteiger partial charge is 0.326 e. The van der Waals surface area contributed by atoms with Crippen LogP contribution >= 0.6 is 0 Å². The summed E-state index contributed by atoms with van der Waals surface area (Å²) in [6.07, 6.45) is 70.0. The molecule has 0 aromatic carbocycles. The summed E-state index contributed by atoms with van der Waals surface area (Å²) in [6.45, 7) is 4.82. The molecule has 0 aliphatic rings. The molecule has 7 nitrogen and oxygen atoms in total. The number of unbranched alkanes of at least 4 members (excludes halogenated alkanes) is 13. The maximum absolute atomic E-state index is 12.9. The van der Waals surface area contributed by atoms with Crippen LogP contribution in [0, 0.1) is 0 Å². The first-order chi connectivity index (χ1) is 31.4. The van der Waals surface area contributed by atoms with Crippen molar-refractivity contribution in [2.24, 2.45) is 5.73 Å². The van der Waals surface area contributed by atoms with E-state index in [0.717, 1.165) is 135 Å². The zero-order chi connectivity index (χ0) is 46.7. The van der Waals surface area contributed by atoms with Gasteiger partial charge in [-0.05, 0) is 141 Å². The van der Waals surface area contributed by atoms with Crippen molar-refractivity contribution in [3.8, 4) is 0 Å². The van der Waals surface area contributed by atoms with E-state index in [2.05, 4.69) is 129 Å². The van der Waals surface area contributed by atoms with Gasteiger partial charge in [-0.1, -0.05) is 175 Å². The predicted molar refractivity (Wildman–Crippen MR) is 275 cm³/mol. The molecule has 0 saturated heterocycles. The number of amides is 1. The summed E-state index contributed by atoms with van der Waals surface area (Å²) in [7, 11) is 0. The van der Waals surface area contributed by atoms with Gasteiger partial charge in [0.15, 0.2) is 0 Å². The van der Waals surface area contributed by atoms with Crippen LogP contribution in [0.5, 0.6) is 0 Å². The highest BCUT2D eigenvalue weighted by Gasteiger charge is 2.19. The third-order valence-corrected chi connectivity index (χ3v) is 10.8. The van der Waals surface area contributed by atoms with Gasteiger partial charge in [-0.15, -0.1) is 0 Å². The van der Waals surface area contributed by atoms with Crippen molar-refractivity contribution >= 4 is 17.8 Å². The minimum atomic E-state index is -1.01. The molecule has 0 fully saturated rings. The summed E-state index contributed by atoms with van der Waals surface area (Å²) in [5.41, 5.74) is 5.50. The van der Waals surface area contributed by atoms with Gasteiger partial charge < -0.3 is 20.9 Å². The Labute approximate surface area is 392 Å². The quantitative estimate of drug-likeness (QED) is 0.0318. The van der Waals surface area contributed by atoms with Gasteiger partial charge >= 0.3 is 11.9 Å². The lowest BCUT2D eigenvalue weighted by Gasteiger charge is -2.18. The van der Waals surface area contributed by atoms with Gasteiger partial charge in [-0.25, -0.2) is 4.79 Å². The van der Waals surface area contributed by atoms with Crippen molar-refractivity contribution in [2.45, 2.75) is 225 Å². The second kappa shape index (κ2) is 50.0. The topological polar surface area (TPSA) is 119 Å². The number of hydrogen-bond donors (Lipinski definition) is 3. The Kier molecular flexibility index (Phi) is 46.9. The Hall–Kier alpha value is -3.97. The van der Waals surface area contributed by atoms with Crippen molar-refractivity contribution in [3.63, 3.8) is 0 Å². The standard InChI is InChI=1S/C57H94N2O5/c1-3-5-7-9-11-13-15-17-19-20-21-22-23-24-25-26-28-30-32-34-36-41-45-51-56(61)64-53(47-42-38-35-33-31-29-27-18-16-14-12-10-8-6-4-2)48-43-39-37-40-44-50-55(60)59-54(57(62)63)49-46-52-58/h5,7,11,13,16-19,21-22,24-25,28-31,34,36,53-54H,3-4,6,8-10,12,14-15,20,23,26-27,32-33,35,37-52,58H2,1-2H3,(H,59,60)(H,62,63)/b7-5-,13-11-,18-16-,19-17-,22-21-,25-24-,30-28-,31-29-,36-34-. The molecule has 0 rings (SSSR count). The van der Waals surface area contributed by atoms with Crippen LogP contribution in [0.3, 0.4) is 0 Å². The first-order valence-electron chi connectivity index (χ1n) is 25.7. The average Bonchev–Trinajstić information content (AvgIpc) is 3.28. The zero-order valence-corrected chi connectivity index (χ0v) is 40.8. The molecular weight excluding hydrogens is 793 g/mol. The lowest BCUT2D eigenvalue weighted by molar-refractivity contribution is -0.150. The molecule has 0 spiro atoms. The third-order valence-electron chi connectivity index (χ3n) is 10.8. The number of aliphatic carboxylic acids is 1. The summed E-state index contributed by atoms with van der Waals surface area (Å²) in [4.78, 5) is 36.6. The van der Waals surface area contributed by atoms with E-state index < -0.39 is 12.0 Å². The van der Waals surface area contributed by atoms with Crippen LogP contribution in [0.1, 0.15) is 213 Å². The van der Waals surface area contributed by atoms with Crippen molar-refractivity contribution in [1.29, 1.82) is 0 Å². The minimum absolute atomic E-state index is 0.0500. The van der Waals surface area contributed by atoms with Crippen LogP contribution in [0.2, 0.25) is 0 Å². The zero-order valence-electron chi connectivity index (χ0n) is 40.8. The summed E-state index contributed by atoms with van der Waals surface area (Å²) in [6, 6.07) is -0.871. The minimum Gasteiger partial charge on any atom is -0.480 e. The Balaban J connectivity index is 4.48. The van der Waals surface area contributed by atoms with E-state index in [1.807, 2.05) is 0 Å². The van der Waals surface area contributed by atoms with E-state index in [9.17, 15) is 19.5 Å². The molecule has 0 bridgehead atoms. The average molecular weight is 887 g/mol. The van der Waals surface area contributed by atoms with Crippen LogP contribution in [0.15, 0.2) is 109 Å². The van der Waals surface area contributed by atoms with Gasteiger partial charge in [-0.2, -0.15) is 0 Å². The van der Waals surface area contributed by atoms with Crippen LogP contribution in [0.4, 0.5) is 0 Å². The van der Waals surface area contributed by atoms with E-state index in [4.69, 9.17) is 10.5 Å². The van der Waals surface area contributed by atoms with Gasteiger partial charge in [0.25, 0.3) is 0 Å². The maximum atomic E-state index is 12.9. The third kappa shape index (κ3) is 46.0. The van der Waals surface area contributed by atoms with E-state index in [1.54, 1.807) is 0 Å². The van der Waals surface area contributed by atoms with Crippen molar-refractivity contribution in [3.05, 3.63) is 109 Å². The fourth-order valence-electron chi connectivity index (χ4n) is 7.00. The predicted octanol–water partition coefficient (Wildman–Crippen LogP) is 15.6. The van der Waals surface area contributed by atoms with Gasteiger partial charge in [0.05, 0.1) is 0 Å². The highest BCUT2D eigenvalue weighted by atomic mass is 16.5. The van der Waals surface area contributed by atoms with Gasteiger partial charge in [0.2, 0.25) is 5.91 Å². The molecule has 7 heteroatoms. The first kappa shape index (κ1) is 60.0. The maximum Gasteiger partial charge on any atom is 0.326 e. The Morgan fingerprint density at radius 1 is 0.469 bits per heavy atom. The highest BCUT2D eigenvalue weighted by molar-refractivity contribution is 5.83. The largest absolute Gasteiger partial charge is 0.480 e. The Morgan fingerprint density at radius 2 is 0.875 bits per heavy atom. The van der Waals surface area contributed by atoms with Gasteiger partial charge in [-0.3, -0.25) is 9.59 Å². The normalized spacial score (nSPS) is 13.5. The van der Waals surface area contributed by atoms with Gasteiger partial charge in [0, 0.05) is 12.8 Å². The molecule has 0 aliphatic heterocycles. The number of carboxylic acid groups (broad SMARTS) is 1. The molecule has 0 aromatic heterocycles. The number of carbonyl (C=O) groups excluding carboxylic acids is 2. The summed E-state index contributed by atoms with van der Waals surface area (Å²) in [5.74, 6) is -1.32. The van der Waals surface area contributed by atoms with Crippen LogP contribution in [-0.4, -0.2) is 41.6 Å². The molecule has 362 valence electrons. The van der Waals surface area contributed by atoms with E-state index in [-0.39, 0.29) is 18.0 Å². The Bertz CT molecular complexity index is 1370. The molecule has 0 aromatic rings. The van der Waals surface area contributed by atoms with Crippen molar-refractivity contribution in [2.75, 3.05) is 6.54 Å². The highest BCUT2D eigenvalue weighted by Crippen LogP contribution is 2.18. The monoisotopic (exact) mass is 887 g/mol. The SMILES string of the molecule is CC/C=C\C/C=C\C/C=C\C/C=C\C/C=C\C/C=C\C/C=C\CCCC(=O)OC(CCCCC/C=C\C/C=C\CCCCCCC)CCCCCCCC(=O)NC(CCCN)C(=O)O. The molecule has 0 radical (unpaired) electrons. The van der Waals surface area contributed by atoms with Crippen molar-refractivity contribution < 1.29 is 24.2 Å². The fourth-order valence-corrected chi connectivity index (χ4v) is 7.00. The number of nitrogens with two attached hydrogens (primary N) is 1. The first-order valence-corrected chi connectivity index (χ1v) is 25.7. The fraction of sp³-hybridized carbons (Fsp3) is 0.632. The summed E-state index contributed by atoms with van der Waals surface area (Å²) >= 11 is 0. The lowest BCUT2D eigenvalue weighted by Crippen LogP contribution is -2.40. The number of allylic oxidation sites excluding steroid dienone is 18. The van der Waals surface area contributed by atoms with Crippen molar-refractivity contribution in [1.82, 2.24) is 5.32 Å². The summed E-state index contributed by atoms with van der Waals surface area (Å²) in [5, 5.41) is 12.0. The summed E-state index contributed by atoms with van der Waals surface area (Å²) < 4.78 is 6.04. The van der Waals surface area contributed by atoms with Gasteiger partial charge in [0.1, 0.15) is 12.1 Å². The molecule has 2 atom stereocenters. The number of ether oxygens (including phenoxy) is 1. The number of carbonyl (C=O) groups is 3. The van der Waals surface area contributed by atoms with E-state index >= 15 is 0 Å². The number of rotatable bonds is 45. The second-order valence-electron chi connectivity index (χ2n) is 16.8.